The fraction of sp³-hybridized carbons (Fsp3) is 0.345. The molecule has 0 radical (unpaired) electrons. The molecule has 4 rings (SSSR count). The Kier molecular flexibility index (Phi) is 7.99. The molecule has 1 unspecified atom stereocenters. The summed E-state index contributed by atoms with van der Waals surface area (Å²) in [6, 6.07) is 19.6. The number of hydrogen-bond donors (Lipinski definition) is 1. The van der Waals surface area contributed by atoms with Crippen molar-refractivity contribution in [1.82, 2.24) is 5.32 Å². The number of carbonyl (C=O) groups is 1. The summed E-state index contributed by atoms with van der Waals surface area (Å²) < 4.78 is 33.6. The fourth-order valence-electron chi connectivity index (χ4n) is 4.66. The Labute approximate surface area is 214 Å². The Morgan fingerprint density at radius 2 is 1.64 bits per heavy atom. The average molecular weight is 507 g/mol. The number of anilines is 1. The molecule has 0 aliphatic heterocycles. The van der Waals surface area contributed by atoms with Gasteiger partial charge in [0, 0.05) is 0 Å². The largest absolute Gasteiger partial charge is 0.497 e. The van der Waals surface area contributed by atoms with Gasteiger partial charge >= 0.3 is 0 Å². The Bertz CT molecular complexity index is 1300. The molecule has 190 valence electrons. The molecular formula is C29H34N2O4S. The number of carbonyl (C=O) groups excluding carboxylic acids is 1. The Morgan fingerprint density at radius 3 is 2.28 bits per heavy atom. The van der Waals surface area contributed by atoms with Crippen molar-refractivity contribution in [3.63, 3.8) is 0 Å². The molecule has 0 aromatic heterocycles. The fourth-order valence-corrected chi connectivity index (χ4v) is 6.08. The summed E-state index contributed by atoms with van der Waals surface area (Å²) in [5.41, 5.74) is 5.25. The molecule has 0 heterocycles. The number of aryl methyl sites for hydroxylation is 3. The van der Waals surface area contributed by atoms with E-state index in [4.69, 9.17) is 4.74 Å². The van der Waals surface area contributed by atoms with Crippen molar-refractivity contribution in [3.05, 3.63) is 89.0 Å². The zero-order valence-electron chi connectivity index (χ0n) is 21.2. The van der Waals surface area contributed by atoms with E-state index in [1.165, 1.54) is 47.5 Å². The highest BCUT2D eigenvalue weighted by Crippen LogP contribution is 2.28. The highest BCUT2D eigenvalue weighted by Gasteiger charge is 2.28. The van der Waals surface area contributed by atoms with Gasteiger partial charge in [-0.2, -0.15) is 0 Å². The van der Waals surface area contributed by atoms with Gasteiger partial charge in [0.2, 0.25) is 5.91 Å². The predicted molar refractivity (Wildman–Crippen MR) is 143 cm³/mol. The number of hydrogen-bond acceptors (Lipinski definition) is 4. The summed E-state index contributed by atoms with van der Waals surface area (Å²) in [5, 5.41) is 3.08. The molecule has 7 heteroatoms. The number of rotatable bonds is 9. The highest BCUT2D eigenvalue weighted by molar-refractivity contribution is 7.92. The zero-order chi connectivity index (χ0) is 25.7. The molecule has 36 heavy (non-hydrogen) atoms. The number of fused-ring (bicyclic) bond motifs is 1. The maximum Gasteiger partial charge on any atom is 0.264 e. The summed E-state index contributed by atoms with van der Waals surface area (Å²) in [5.74, 6) is 0.210. The van der Waals surface area contributed by atoms with Gasteiger partial charge in [0.15, 0.2) is 0 Å². The summed E-state index contributed by atoms with van der Waals surface area (Å²) >= 11 is 0. The summed E-state index contributed by atoms with van der Waals surface area (Å²) in [7, 11) is -2.46. The lowest BCUT2D eigenvalue weighted by Crippen LogP contribution is -2.42. The Balaban J connectivity index is 1.59. The normalized spacial score (nSPS) is 14.0. The summed E-state index contributed by atoms with van der Waals surface area (Å²) in [6.07, 6.45) is 5.29. The van der Waals surface area contributed by atoms with E-state index in [0.29, 0.717) is 17.9 Å². The summed E-state index contributed by atoms with van der Waals surface area (Å²) in [6.45, 7) is 3.64. The first kappa shape index (κ1) is 25.8. The maximum absolute atomic E-state index is 13.6. The third-order valence-electron chi connectivity index (χ3n) is 6.77. The molecule has 0 saturated carbocycles. The van der Waals surface area contributed by atoms with Crippen molar-refractivity contribution in [2.24, 2.45) is 0 Å². The van der Waals surface area contributed by atoms with Gasteiger partial charge in [-0.1, -0.05) is 42.8 Å². The van der Waals surface area contributed by atoms with Gasteiger partial charge in [0.1, 0.15) is 12.3 Å². The molecule has 3 aromatic rings. The van der Waals surface area contributed by atoms with Crippen LogP contribution in [0.15, 0.2) is 71.6 Å². The van der Waals surface area contributed by atoms with E-state index in [1.54, 1.807) is 24.3 Å². The minimum Gasteiger partial charge on any atom is -0.497 e. The van der Waals surface area contributed by atoms with Gasteiger partial charge in [-0.3, -0.25) is 9.10 Å². The van der Waals surface area contributed by atoms with Crippen molar-refractivity contribution in [2.45, 2.75) is 56.9 Å². The number of benzene rings is 3. The van der Waals surface area contributed by atoms with Crippen molar-refractivity contribution in [2.75, 3.05) is 18.0 Å². The van der Waals surface area contributed by atoms with Crippen molar-refractivity contribution < 1.29 is 17.9 Å². The molecule has 3 aromatic carbocycles. The second-order valence-electron chi connectivity index (χ2n) is 9.29. The number of methoxy groups -OCH3 is 1. The maximum atomic E-state index is 13.6. The first-order valence-corrected chi connectivity index (χ1v) is 13.9. The Morgan fingerprint density at radius 1 is 0.972 bits per heavy atom. The molecular weight excluding hydrogens is 472 g/mol. The molecule has 1 aliphatic carbocycles. The van der Waals surface area contributed by atoms with Gasteiger partial charge in [0.25, 0.3) is 10.0 Å². The number of sulfonamides is 1. The average Bonchev–Trinajstić information content (AvgIpc) is 2.90. The van der Waals surface area contributed by atoms with Crippen molar-refractivity contribution in [3.8, 4) is 5.75 Å². The zero-order valence-corrected chi connectivity index (χ0v) is 22.0. The first-order chi connectivity index (χ1) is 17.3. The standard InChI is InChI=1S/C29H34N2O4S/c1-4-28(24-12-11-22-7-5-6-8-23(22)19-24)30-29(32)20-31(25-13-9-21(2)10-14-25)36(33,34)27-17-15-26(35-3)16-18-27/h9-19,28H,4-8,20H2,1-3H3,(H,30,32). The molecule has 1 N–H and O–H groups in total. The highest BCUT2D eigenvalue weighted by atomic mass is 32.2. The lowest BCUT2D eigenvalue weighted by molar-refractivity contribution is -0.120. The molecule has 1 amide bonds. The van der Waals surface area contributed by atoms with E-state index >= 15 is 0 Å². The lowest BCUT2D eigenvalue weighted by atomic mass is 9.89. The molecule has 0 bridgehead atoms. The van der Waals surface area contributed by atoms with E-state index < -0.39 is 10.0 Å². The Hall–Kier alpha value is -3.32. The van der Waals surface area contributed by atoms with Crippen LogP contribution in [-0.4, -0.2) is 28.0 Å². The van der Waals surface area contributed by atoms with Crippen LogP contribution in [0.1, 0.15) is 54.5 Å². The number of ether oxygens (including phenoxy) is 1. The second kappa shape index (κ2) is 11.2. The third kappa shape index (κ3) is 5.73. The topological polar surface area (TPSA) is 75.7 Å². The molecule has 1 aliphatic rings. The molecule has 0 saturated heterocycles. The van der Waals surface area contributed by atoms with E-state index in [2.05, 4.69) is 23.5 Å². The molecule has 1 atom stereocenters. The van der Waals surface area contributed by atoms with Crippen LogP contribution in [0.4, 0.5) is 5.69 Å². The monoisotopic (exact) mass is 506 g/mol. The van der Waals surface area contributed by atoms with Gasteiger partial charge in [-0.25, -0.2) is 8.42 Å². The SMILES string of the molecule is CCC(NC(=O)CN(c1ccc(C)cc1)S(=O)(=O)c1ccc(OC)cc1)c1ccc2c(c1)CCCC2. The van der Waals surface area contributed by atoms with Crippen molar-refractivity contribution in [1.29, 1.82) is 0 Å². The van der Waals surface area contributed by atoms with Gasteiger partial charge in [0.05, 0.1) is 23.7 Å². The first-order valence-electron chi connectivity index (χ1n) is 12.5. The van der Waals surface area contributed by atoms with Crippen LogP contribution in [0.5, 0.6) is 5.75 Å². The van der Waals surface area contributed by atoms with Crippen molar-refractivity contribution >= 4 is 21.6 Å². The van der Waals surface area contributed by atoms with Crippen LogP contribution in [0.25, 0.3) is 0 Å². The van der Waals surface area contributed by atoms with Gasteiger partial charge < -0.3 is 10.1 Å². The third-order valence-corrected chi connectivity index (χ3v) is 8.56. The van der Waals surface area contributed by atoms with Gasteiger partial charge in [-0.05, 0) is 92.1 Å². The lowest BCUT2D eigenvalue weighted by Gasteiger charge is -2.26. The molecule has 0 spiro atoms. The smallest absolute Gasteiger partial charge is 0.264 e. The van der Waals surface area contributed by atoms with Crippen LogP contribution in [-0.2, 0) is 27.7 Å². The van der Waals surface area contributed by atoms with E-state index in [0.717, 1.165) is 24.0 Å². The minimum absolute atomic E-state index is 0.0957. The predicted octanol–water partition coefficient (Wildman–Crippen LogP) is 5.35. The summed E-state index contributed by atoms with van der Waals surface area (Å²) in [4.78, 5) is 13.4. The number of nitrogens with one attached hydrogen (secondary N) is 1. The molecule has 6 nitrogen and oxygen atoms in total. The molecule has 0 fully saturated rings. The van der Waals surface area contributed by atoms with E-state index in [9.17, 15) is 13.2 Å². The van der Waals surface area contributed by atoms with Gasteiger partial charge in [-0.15, -0.1) is 0 Å². The van der Waals surface area contributed by atoms with Crippen LogP contribution < -0.4 is 14.4 Å². The van der Waals surface area contributed by atoms with Crippen LogP contribution in [0.2, 0.25) is 0 Å². The van der Waals surface area contributed by atoms with Crippen LogP contribution >= 0.6 is 0 Å². The quantitative estimate of drug-likeness (QED) is 0.425. The van der Waals surface area contributed by atoms with E-state index in [1.807, 2.05) is 26.0 Å². The van der Waals surface area contributed by atoms with Crippen LogP contribution in [0, 0.1) is 6.92 Å². The number of amides is 1. The van der Waals surface area contributed by atoms with Crippen LogP contribution in [0.3, 0.4) is 0 Å². The van der Waals surface area contributed by atoms with E-state index in [-0.39, 0.29) is 23.4 Å². The minimum atomic E-state index is -3.99. The number of nitrogens with zero attached hydrogens (tertiary/aromatic N) is 1. The second-order valence-corrected chi connectivity index (χ2v) is 11.1.